The van der Waals surface area contributed by atoms with Crippen molar-refractivity contribution in [2.75, 3.05) is 0 Å². The van der Waals surface area contributed by atoms with Crippen LogP contribution in [0.4, 0.5) is 0 Å². The van der Waals surface area contributed by atoms with Crippen LogP contribution >= 0.6 is 0 Å². The fourth-order valence-electron chi connectivity index (χ4n) is 5.14. The Morgan fingerprint density at radius 1 is 1.29 bits per heavy atom. The molecule has 3 aliphatic carbocycles. The van der Waals surface area contributed by atoms with Gasteiger partial charge in [0.05, 0.1) is 12.2 Å². The number of amides is 1. The number of hydrogen-bond acceptors (Lipinski definition) is 2. The molecular weight excluding hydrogens is 212 g/mol. The lowest BCUT2D eigenvalue weighted by atomic mass is 10.0. The molecule has 1 aliphatic heterocycles. The Kier molecular flexibility index (Phi) is 1.98. The number of fused-ring (bicyclic) bond motifs is 5. The monoisotopic (exact) mass is 234 g/mol. The summed E-state index contributed by atoms with van der Waals surface area (Å²) in [6.45, 7) is 4.19. The van der Waals surface area contributed by atoms with E-state index in [-0.39, 0.29) is 6.04 Å². The molecule has 4 fully saturated rings. The minimum absolute atomic E-state index is 0.0407. The fourth-order valence-corrected chi connectivity index (χ4v) is 5.14. The second kappa shape index (κ2) is 3.25. The minimum atomic E-state index is 0.0407. The van der Waals surface area contributed by atoms with Crippen LogP contribution in [0.1, 0.15) is 39.5 Å². The Balaban J connectivity index is 1.58. The van der Waals surface area contributed by atoms with Crippen molar-refractivity contribution in [3.05, 3.63) is 0 Å². The highest BCUT2D eigenvalue weighted by Gasteiger charge is 2.68. The highest BCUT2D eigenvalue weighted by Crippen LogP contribution is 2.67. The maximum absolute atomic E-state index is 12.3. The molecule has 6 atom stereocenters. The Bertz CT molecular complexity index is 353. The molecule has 94 valence electrons. The van der Waals surface area contributed by atoms with Crippen LogP contribution in [-0.4, -0.2) is 29.1 Å². The molecule has 0 aromatic heterocycles. The molecule has 0 aromatic carbocycles. The van der Waals surface area contributed by atoms with Crippen LogP contribution in [0.15, 0.2) is 0 Å². The summed E-state index contributed by atoms with van der Waals surface area (Å²) in [5, 5.41) is 3.44. The van der Waals surface area contributed by atoms with Crippen molar-refractivity contribution in [3.8, 4) is 0 Å². The van der Waals surface area contributed by atoms with Crippen molar-refractivity contribution in [1.82, 2.24) is 10.2 Å². The van der Waals surface area contributed by atoms with Crippen LogP contribution in [0.2, 0.25) is 0 Å². The molecule has 1 N–H and O–H groups in total. The van der Waals surface area contributed by atoms with E-state index in [1.165, 1.54) is 19.3 Å². The highest BCUT2D eigenvalue weighted by molar-refractivity contribution is 5.84. The molecule has 0 aromatic rings. The minimum Gasteiger partial charge on any atom is -0.322 e. The molecule has 0 radical (unpaired) electrons. The average Bonchev–Trinajstić information content (AvgIpc) is 2.67. The lowest BCUT2D eigenvalue weighted by Crippen LogP contribution is -2.40. The van der Waals surface area contributed by atoms with Crippen molar-refractivity contribution in [1.29, 1.82) is 0 Å². The van der Waals surface area contributed by atoms with Gasteiger partial charge < -0.3 is 4.90 Å². The summed E-state index contributed by atoms with van der Waals surface area (Å²) in [7, 11) is 0. The SMILES string of the molecule is CCC1NC(C)C(=O)N1C1C2C3CCC(C3)C21. The van der Waals surface area contributed by atoms with Crippen molar-refractivity contribution in [2.24, 2.45) is 23.7 Å². The summed E-state index contributed by atoms with van der Waals surface area (Å²) in [6, 6.07) is 0.648. The molecule has 3 nitrogen and oxygen atoms in total. The first-order valence-electron chi connectivity index (χ1n) is 7.30. The molecule has 17 heavy (non-hydrogen) atoms. The second-order valence-electron chi connectivity index (χ2n) is 6.54. The number of carbonyl (C=O) groups is 1. The van der Waals surface area contributed by atoms with E-state index in [1.54, 1.807) is 0 Å². The second-order valence-corrected chi connectivity index (χ2v) is 6.54. The van der Waals surface area contributed by atoms with Crippen LogP contribution in [0.25, 0.3) is 0 Å². The first-order valence-corrected chi connectivity index (χ1v) is 7.30. The van der Waals surface area contributed by atoms with E-state index >= 15 is 0 Å². The maximum atomic E-state index is 12.3. The van der Waals surface area contributed by atoms with Gasteiger partial charge in [-0.1, -0.05) is 6.92 Å². The summed E-state index contributed by atoms with van der Waals surface area (Å²) >= 11 is 0. The van der Waals surface area contributed by atoms with Crippen LogP contribution in [0.3, 0.4) is 0 Å². The smallest absolute Gasteiger partial charge is 0.240 e. The largest absolute Gasteiger partial charge is 0.322 e. The fraction of sp³-hybridized carbons (Fsp3) is 0.929. The quantitative estimate of drug-likeness (QED) is 0.787. The average molecular weight is 234 g/mol. The number of nitrogens with one attached hydrogen (secondary N) is 1. The molecular formula is C14H22N2O. The third-order valence-corrected chi connectivity index (χ3v) is 5.81. The van der Waals surface area contributed by atoms with Gasteiger partial charge in [0.25, 0.3) is 0 Å². The van der Waals surface area contributed by atoms with E-state index in [2.05, 4.69) is 17.1 Å². The van der Waals surface area contributed by atoms with E-state index in [1.807, 2.05) is 6.92 Å². The van der Waals surface area contributed by atoms with Gasteiger partial charge in [0.2, 0.25) is 5.91 Å². The summed E-state index contributed by atoms with van der Waals surface area (Å²) in [4.78, 5) is 14.5. The van der Waals surface area contributed by atoms with Crippen molar-refractivity contribution < 1.29 is 4.79 Å². The van der Waals surface area contributed by atoms with Gasteiger partial charge in [0.15, 0.2) is 0 Å². The third-order valence-electron chi connectivity index (χ3n) is 5.81. The van der Waals surface area contributed by atoms with Crippen molar-refractivity contribution >= 4 is 5.91 Å². The van der Waals surface area contributed by atoms with Crippen molar-refractivity contribution in [3.63, 3.8) is 0 Å². The highest BCUT2D eigenvalue weighted by atomic mass is 16.2. The predicted molar refractivity (Wildman–Crippen MR) is 65.1 cm³/mol. The molecule has 1 amide bonds. The number of rotatable bonds is 2. The van der Waals surface area contributed by atoms with Gasteiger partial charge in [-0.15, -0.1) is 0 Å². The normalized spacial score (nSPS) is 55.5. The Morgan fingerprint density at radius 2 is 1.94 bits per heavy atom. The molecule has 0 spiro atoms. The van der Waals surface area contributed by atoms with E-state index in [0.717, 1.165) is 30.1 Å². The molecule has 1 saturated heterocycles. The Hall–Kier alpha value is -0.570. The topological polar surface area (TPSA) is 32.3 Å². The molecule has 1 heterocycles. The standard InChI is InChI=1S/C14H22N2O/c1-3-10-15-7(2)14(17)16(10)13-11-8-4-5-9(6-8)12(11)13/h7-13,15H,3-6H2,1-2H3. The third kappa shape index (κ3) is 1.19. The zero-order valence-corrected chi connectivity index (χ0v) is 10.7. The van der Waals surface area contributed by atoms with Gasteiger partial charge in [0, 0.05) is 6.04 Å². The van der Waals surface area contributed by atoms with Gasteiger partial charge in [-0.25, -0.2) is 0 Å². The van der Waals surface area contributed by atoms with E-state index in [0.29, 0.717) is 18.1 Å². The van der Waals surface area contributed by atoms with Gasteiger partial charge >= 0.3 is 0 Å². The maximum Gasteiger partial charge on any atom is 0.240 e. The zero-order chi connectivity index (χ0) is 11.7. The van der Waals surface area contributed by atoms with Crippen LogP contribution in [0.5, 0.6) is 0 Å². The Labute approximate surface area is 103 Å². The van der Waals surface area contributed by atoms with Crippen LogP contribution in [-0.2, 0) is 4.79 Å². The summed E-state index contributed by atoms with van der Waals surface area (Å²) in [6.07, 6.45) is 5.69. The molecule has 4 aliphatic rings. The van der Waals surface area contributed by atoms with Crippen molar-refractivity contribution in [2.45, 2.75) is 57.8 Å². The molecule has 2 bridgehead atoms. The molecule has 6 unspecified atom stereocenters. The molecule has 3 saturated carbocycles. The Morgan fingerprint density at radius 3 is 2.53 bits per heavy atom. The van der Waals surface area contributed by atoms with Gasteiger partial charge in [-0.3, -0.25) is 10.1 Å². The lowest BCUT2D eigenvalue weighted by Gasteiger charge is -2.26. The number of carbonyl (C=O) groups excluding carboxylic acids is 1. The molecule has 3 heteroatoms. The predicted octanol–water partition coefficient (Wildman–Crippen LogP) is 1.59. The first-order chi connectivity index (χ1) is 8.22. The van der Waals surface area contributed by atoms with E-state index in [4.69, 9.17) is 0 Å². The van der Waals surface area contributed by atoms with Gasteiger partial charge in [0.1, 0.15) is 0 Å². The summed E-state index contributed by atoms with van der Waals surface area (Å²) in [5.41, 5.74) is 0. The first kappa shape index (κ1) is 10.4. The number of nitrogens with zero attached hydrogens (tertiary/aromatic N) is 1. The zero-order valence-electron chi connectivity index (χ0n) is 10.7. The summed E-state index contributed by atoms with van der Waals surface area (Å²) in [5.74, 6) is 4.01. The summed E-state index contributed by atoms with van der Waals surface area (Å²) < 4.78 is 0. The van der Waals surface area contributed by atoms with E-state index in [9.17, 15) is 4.79 Å². The van der Waals surface area contributed by atoms with E-state index < -0.39 is 0 Å². The van der Waals surface area contributed by atoms with Crippen LogP contribution in [0, 0.1) is 23.7 Å². The van der Waals surface area contributed by atoms with Crippen LogP contribution < -0.4 is 5.32 Å². The lowest BCUT2D eigenvalue weighted by molar-refractivity contribution is -0.131. The van der Waals surface area contributed by atoms with Gasteiger partial charge in [-0.05, 0) is 56.3 Å². The molecule has 4 rings (SSSR count). The van der Waals surface area contributed by atoms with Gasteiger partial charge in [-0.2, -0.15) is 0 Å². The number of hydrogen-bond donors (Lipinski definition) is 1.